The fourth-order valence-electron chi connectivity index (χ4n) is 3.81. The molecule has 0 aliphatic carbocycles. The molecule has 0 amide bonds. The third-order valence-corrected chi connectivity index (χ3v) is 5.43. The van der Waals surface area contributed by atoms with E-state index in [9.17, 15) is 20.1 Å². The first kappa shape index (κ1) is 19.2. The number of allylic oxidation sites excluding steroid dienone is 2. The maximum Gasteiger partial charge on any atom is 0.204 e. The van der Waals surface area contributed by atoms with Gasteiger partial charge in [0, 0.05) is 11.1 Å². The van der Waals surface area contributed by atoms with Crippen molar-refractivity contribution in [1.29, 1.82) is 0 Å². The Morgan fingerprint density at radius 3 is 2.55 bits per heavy atom. The highest BCUT2D eigenvalue weighted by molar-refractivity contribution is 5.99. The zero-order chi connectivity index (χ0) is 21.1. The molecule has 0 saturated heterocycles. The maximum absolute atomic E-state index is 13.2. The Labute approximate surface area is 167 Å². The van der Waals surface area contributed by atoms with Gasteiger partial charge in [0.1, 0.15) is 28.1 Å². The minimum absolute atomic E-state index is 0.0711. The molecular weight excluding hydrogens is 372 g/mol. The number of phenolic OH excluding ortho intramolecular Hbond substituents is 3. The summed E-state index contributed by atoms with van der Waals surface area (Å²) in [6.07, 6.45) is 3.70. The lowest BCUT2D eigenvalue weighted by molar-refractivity contribution is 0.0827. The van der Waals surface area contributed by atoms with Crippen LogP contribution in [0.2, 0.25) is 0 Å². The van der Waals surface area contributed by atoms with Crippen molar-refractivity contribution in [3.05, 3.63) is 45.1 Å². The van der Waals surface area contributed by atoms with E-state index in [-0.39, 0.29) is 33.4 Å². The van der Waals surface area contributed by atoms with Crippen molar-refractivity contribution in [1.82, 2.24) is 0 Å². The maximum atomic E-state index is 13.2. The number of ether oxygens (including phenoxy) is 1. The van der Waals surface area contributed by atoms with E-state index in [1.54, 1.807) is 0 Å². The molecule has 29 heavy (non-hydrogen) atoms. The van der Waals surface area contributed by atoms with Gasteiger partial charge in [0.25, 0.3) is 0 Å². The van der Waals surface area contributed by atoms with Crippen molar-refractivity contribution in [2.75, 3.05) is 0 Å². The second kappa shape index (κ2) is 6.44. The van der Waals surface area contributed by atoms with Gasteiger partial charge in [-0.15, -0.1) is 0 Å². The van der Waals surface area contributed by atoms with Gasteiger partial charge in [-0.1, -0.05) is 11.6 Å². The van der Waals surface area contributed by atoms with Crippen molar-refractivity contribution in [2.45, 2.75) is 52.6 Å². The van der Waals surface area contributed by atoms with Crippen molar-refractivity contribution >= 4 is 21.9 Å². The first-order valence-electron chi connectivity index (χ1n) is 9.61. The summed E-state index contributed by atoms with van der Waals surface area (Å²) < 4.78 is 12.2. The Bertz CT molecular complexity index is 1240. The lowest BCUT2D eigenvalue weighted by atomic mass is 9.89. The first-order chi connectivity index (χ1) is 13.6. The smallest absolute Gasteiger partial charge is 0.204 e. The highest BCUT2D eigenvalue weighted by atomic mass is 16.5. The van der Waals surface area contributed by atoms with Gasteiger partial charge in [-0.05, 0) is 59.1 Å². The normalized spacial score (nSPS) is 15.2. The van der Waals surface area contributed by atoms with Crippen LogP contribution in [0, 0.1) is 0 Å². The lowest BCUT2D eigenvalue weighted by Crippen LogP contribution is -2.33. The molecule has 6 heteroatoms. The molecule has 3 aromatic rings. The average Bonchev–Trinajstić information content (AvgIpc) is 2.63. The molecule has 2 aromatic carbocycles. The third kappa shape index (κ3) is 2.99. The zero-order valence-corrected chi connectivity index (χ0v) is 16.9. The largest absolute Gasteiger partial charge is 0.507 e. The molecule has 1 aromatic heterocycles. The Hall–Kier alpha value is -3.15. The highest BCUT2D eigenvalue weighted by Crippen LogP contribution is 2.47. The molecule has 6 nitrogen and oxygen atoms in total. The second-order valence-electron chi connectivity index (χ2n) is 8.43. The quantitative estimate of drug-likeness (QED) is 0.330. The van der Waals surface area contributed by atoms with Gasteiger partial charge in [0.2, 0.25) is 11.2 Å². The van der Waals surface area contributed by atoms with E-state index in [0.717, 1.165) is 5.57 Å². The summed E-state index contributed by atoms with van der Waals surface area (Å²) in [5.41, 5.74) is 1.49. The van der Waals surface area contributed by atoms with Crippen LogP contribution in [0.3, 0.4) is 0 Å². The summed E-state index contributed by atoms with van der Waals surface area (Å²) >= 11 is 0. The Morgan fingerprint density at radius 1 is 1.14 bits per heavy atom. The summed E-state index contributed by atoms with van der Waals surface area (Å²) in [5, 5.41) is 31.2. The highest BCUT2D eigenvalue weighted by Gasteiger charge is 2.33. The van der Waals surface area contributed by atoms with Gasteiger partial charge in [-0.25, -0.2) is 0 Å². The summed E-state index contributed by atoms with van der Waals surface area (Å²) in [5.74, 6) is -0.515. The van der Waals surface area contributed by atoms with Crippen LogP contribution in [0.1, 0.15) is 45.2 Å². The number of benzene rings is 2. The van der Waals surface area contributed by atoms with Gasteiger partial charge in [-0.3, -0.25) is 4.79 Å². The second-order valence-corrected chi connectivity index (χ2v) is 8.43. The molecule has 1 aliphatic heterocycles. The molecule has 1 aliphatic rings. The number of fused-ring (bicyclic) bond motifs is 3. The summed E-state index contributed by atoms with van der Waals surface area (Å²) in [4.78, 5) is 13.2. The van der Waals surface area contributed by atoms with Crippen LogP contribution in [-0.2, 0) is 12.8 Å². The molecule has 4 rings (SSSR count). The van der Waals surface area contributed by atoms with Gasteiger partial charge in [0.05, 0.1) is 5.39 Å². The summed E-state index contributed by atoms with van der Waals surface area (Å²) in [7, 11) is 0. The zero-order valence-electron chi connectivity index (χ0n) is 16.9. The van der Waals surface area contributed by atoms with Gasteiger partial charge in [0.15, 0.2) is 11.3 Å². The molecule has 152 valence electrons. The van der Waals surface area contributed by atoms with E-state index in [4.69, 9.17) is 9.15 Å². The summed E-state index contributed by atoms with van der Waals surface area (Å²) in [6.45, 7) is 7.88. The standard InChI is InChI=1S/C23H24O6/c1-11(2)5-6-14-20-13(9-10-23(3,4)29-20)18(26)16-17(25)12-7-8-15(24)19(27)22(12)28-21(14)16/h5,7-8,24,26-27H,6,9-10H2,1-4H3. The molecule has 0 spiro atoms. The fourth-order valence-corrected chi connectivity index (χ4v) is 3.81. The van der Waals surface area contributed by atoms with E-state index in [1.807, 2.05) is 33.8 Å². The fraction of sp³-hybridized carbons (Fsp3) is 0.348. The lowest BCUT2D eigenvalue weighted by Gasteiger charge is -2.34. The molecule has 0 fully saturated rings. The number of hydrogen-bond acceptors (Lipinski definition) is 6. The van der Waals surface area contributed by atoms with E-state index in [0.29, 0.717) is 36.1 Å². The number of rotatable bonds is 2. The van der Waals surface area contributed by atoms with Crippen LogP contribution in [-0.4, -0.2) is 20.9 Å². The van der Waals surface area contributed by atoms with Crippen LogP contribution in [0.15, 0.2) is 33.0 Å². The summed E-state index contributed by atoms with van der Waals surface area (Å²) in [6, 6.07) is 2.61. The van der Waals surface area contributed by atoms with Crippen molar-refractivity contribution in [3.63, 3.8) is 0 Å². The predicted octanol–water partition coefficient (Wildman–Crippen LogP) is 4.68. The van der Waals surface area contributed by atoms with Crippen LogP contribution in [0.5, 0.6) is 23.0 Å². The van der Waals surface area contributed by atoms with Gasteiger partial charge < -0.3 is 24.5 Å². The van der Waals surface area contributed by atoms with Crippen molar-refractivity contribution in [3.8, 4) is 23.0 Å². The predicted molar refractivity (Wildman–Crippen MR) is 111 cm³/mol. The molecule has 0 radical (unpaired) electrons. The van der Waals surface area contributed by atoms with Crippen molar-refractivity contribution < 1.29 is 24.5 Å². The SMILES string of the molecule is CC(C)=CCc1c2c(c(O)c3c(=O)c4ccc(O)c(O)c4oc13)CCC(C)(C)O2. The van der Waals surface area contributed by atoms with E-state index >= 15 is 0 Å². The third-order valence-electron chi connectivity index (χ3n) is 5.43. The molecule has 0 atom stereocenters. The van der Waals surface area contributed by atoms with Crippen LogP contribution in [0.4, 0.5) is 0 Å². The minimum Gasteiger partial charge on any atom is -0.507 e. The van der Waals surface area contributed by atoms with E-state index in [2.05, 4.69) is 0 Å². The number of hydrogen-bond donors (Lipinski definition) is 3. The molecule has 0 saturated carbocycles. The molecule has 0 unspecified atom stereocenters. The van der Waals surface area contributed by atoms with E-state index in [1.165, 1.54) is 12.1 Å². The molecule has 0 bridgehead atoms. The van der Waals surface area contributed by atoms with Crippen LogP contribution < -0.4 is 10.2 Å². The van der Waals surface area contributed by atoms with Crippen LogP contribution >= 0.6 is 0 Å². The Kier molecular flexibility index (Phi) is 4.26. The first-order valence-corrected chi connectivity index (χ1v) is 9.61. The Balaban J connectivity index is 2.19. The van der Waals surface area contributed by atoms with Gasteiger partial charge >= 0.3 is 0 Å². The topological polar surface area (TPSA) is 100 Å². The van der Waals surface area contributed by atoms with Crippen LogP contribution in [0.25, 0.3) is 21.9 Å². The van der Waals surface area contributed by atoms with Crippen molar-refractivity contribution in [2.24, 2.45) is 0 Å². The molecule has 2 heterocycles. The van der Waals surface area contributed by atoms with Gasteiger partial charge in [-0.2, -0.15) is 0 Å². The number of phenols is 3. The monoisotopic (exact) mass is 396 g/mol. The van der Waals surface area contributed by atoms with E-state index < -0.39 is 16.8 Å². The minimum atomic E-state index is -0.506. The molecular formula is C23H24O6. The number of aromatic hydroxyl groups is 3. The molecule has 3 N–H and O–H groups in total. The average molecular weight is 396 g/mol. The Morgan fingerprint density at radius 2 is 1.86 bits per heavy atom.